The maximum atomic E-state index is 13.3. The van der Waals surface area contributed by atoms with Crippen LogP contribution in [0.2, 0.25) is 0 Å². The van der Waals surface area contributed by atoms with E-state index in [-0.39, 0.29) is 50.7 Å². The number of ether oxygens (including phenoxy) is 1. The highest BCUT2D eigenvalue weighted by atomic mass is 19.4. The maximum Gasteiger partial charge on any atom is 0.411 e. The highest BCUT2D eigenvalue weighted by Crippen LogP contribution is 2.14. The lowest BCUT2D eigenvalue weighted by Crippen LogP contribution is -2.55. The standard InChI is InChI=1S/C24H38F3N9O4/c25-24(26,27)14-40-13-19(37)17(9-5-11-34-23(31)32)35-21(39)18(12-15-6-2-1-3-7-15)36-20(38)16(28)8-4-10-33-22(29)30/h1-3,6-7,16-18H,4-5,8-14,28H2,(H,35,39)(H,36,38)(H4,29,30,33)(H4,31,32,34)/t16-,17+,18+/m1/s1. The molecule has 0 bridgehead atoms. The number of guanidine groups is 2. The molecule has 1 aromatic rings. The number of hydrogen-bond donors (Lipinski definition) is 7. The van der Waals surface area contributed by atoms with Crippen LogP contribution in [0.15, 0.2) is 40.3 Å². The second kappa shape index (κ2) is 17.6. The minimum atomic E-state index is -4.63. The first-order chi connectivity index (χ1) is 18.8. The van der Waals surface area contributed by atoms with Crippen molar-refractivity contribution in [3.63, 3.8) is 0 Å². The zero-order valence-corrected chi connectivity index (χ0v) is 22.0. The third kappa shape index (κ3) is 15.5. The Bertz CT molecular complexity index is 999. The Kier molecular flexibility index (Phi) is 15.0. The summed E-state index contributed by atoms with van der Waals surface area (Å²) in [6.07, 6.45) is -3.70. The minimum Gasteiger partial charge on any atom is -0.370 e. The summed E-state index contributed by atoms with van der Waals surface area (Å²) in [7, 11) is 0. The van der Waals surface area contributed by atoms with Gasteiger partial charge in [-0.05, 0) is 31.2 Å². The number of carbonyl (C=O) groups is 3. The summed E-state index contributed by atoms with van der Waals surface area (Å²) in [5.41, 5.74) is 27.8. The van der Waals surface area contributed by atoms with Crippen LogP contribution in [0, 0.1) is 0 Å². The van der Waals surface area contributed by atoms with Gasteiger partial charge in [0.05, 0.1) is 12.1 Å². The van der Waals surface area contributed by atoms with E-state index in [1.807, 2.05) is 0 Å². The Morgan fingerprint density at radius 1 is 0.850 bits per heavy atom. The third-order valence-corrected chi connectivity index (χ3v) is 5.38. The number of alkyl halides is 3. The second-order valence-corrected chi connectivity index (χ2v) is 8.89. The summed E-state index contributed by atoms with van der Waals surface area (Å²) in [5.74, 6) is -2.42. The molecule has 0 spiro atoms. The summed E-state index contributed by atoms with van der Waals surface area (Å²) in [4.78, 5) is 46.3. The number of ketones is 1. The van der Waals surface area contributed by atoms with Crippen molar-refractivity contribution >= 4 is 29.5 Å². The first-order valence-corrected chi connectivity index (χ1v) is 12.5. The lowest BCUT2D eigenvalue weighted by molar-refractivity contribution is -0.175. The van der Waals surface area contributed by atoms with E-state index in [0.29, 0.717) is 12.0 Å². The molecule has 0 saturated heterocycles. The smallest absolute Gasteiger partial charge is 0.370 e. The van der Waals surface area contributed by atoms with Gasteiger partial charge in [0.2, 0.25) is 11.8 Å². The third-order valence-electron chi connectivity index (χ3n) is 5.38. The molecule has 0 radical (unpaired) electrons. The molecule has 0 saturated carbocycles. The molecule has 0 aliphatic carbocycles. The largest absolute Gasteiger partial charge is 0.411 e. The Hall–Kier alpha value is -3.92. The van der Waals surface area contributed by atoms with E-state index in [2.05, 4.69) is 25.4 Å². The highest BCUT2D eigenvalue weighted by Gasteiger charge is 2.31. The molecule has 0 unspecified atom stereocenters. The van der Waals surface area contributed by atoms with Gasteiger partial charge in [0.25, 0.3) is 0 Å². The van der Waals surface area contributed by atoms with E-state index in [0.717, 1.165) is 0 Å². The summed E-state index contributed by atoms with van der Waals surface area (Å²) in [5, 5.41) is 5.12. The van der Waals surface area contributed by atoms with Crippen LogP contribution < -0.4 is 39.3 Å². The fourth-order valence-electron chi connectivity index (χ4n) is 3.45. The van der Waals surface area contributed by atoms with Crippen molar-refractivity contribution < 1.29 is 32.3 Å². The van der Waals surface area contributed by atoms with Gasteiger partial charge in [-0.3, -0.25) is 24.4 Å². The molecule has 3 atom stereocenters. The maximum absolute atomic E-state index is 13.3. The summed E-state index contributed by atoms with van der Waals surface area (Å²) >= 11 is 0. The number of rotatable bonds is 18. The fourth-order valence-corrected chi connectivity index (χ4v) is 3.45. The number of benzene rings is 1. The summed E-state index contributed by atoms with van der Waals surface area (Å²) in [6, 6.07) is 5.39. The molecule has 40 heavy (non-hydrogen) atoms. The molecule has 12 N–H and O–H groups in total. The first-order valence-electron chi connectivity index (χ1n) is 12.5. The van der Waals surface area contributed by atoms with Crippen LogP contribution in [-0.4, -0.2) is 80.1 Å². The topological polar surface area (TPSA) is 239 Å². The average molecular weight is 574 g/mol. The minimum absolute atomic E-state index is 0.00698. The Morgan fingerprint density at radius 2 is 1.40 bits per heavy atom. The fraction of sp³-hybridized carbons (Fsp3) is 0.542. The van der Waals surface area contributed by atoms with Crippen LogP contribution in [0.3, 0.4) is 0 Å². The molecule has 2 amide bonds. The van der Waals surface area contributed by atoms with E-state index in [1.165, 1.54) is 0 Å². The van der Waals surface area contributed by atoms with Crippen LogP contribution >= 0.6 is 0 Å². The molecule has 0 aliphatic rings. The van der Waals surface area contributed by atoms with Gasteiger partial charge in [-0.25, -0.2) is 0 Å². The number of aliphatic imine (C=N–C) groups is 2. The van der Waals surface area contributed by atoms with Crippen molar-refractivity contribution in [2.24, 2.45) is 38.7 Å². The molecule has 0 fully saturated rings. The van der Waals surface area contributed by atoms with Gasteiger partial charge < -0.3 is 44.0 Å². The van der Waals surface area contributed by atoms with Gasteiger partial charge in [-0.2, -0.15) is 13.2 Å². The number of nitrogens with zero attached hydrogens (tertiary/aromatic N) is 2. The highest BCUT2D eigenvalue weighted by molar-refractivity contribution is 5.94. The molecule has 1 aromatic carbocycles. The normalized spacial score (nSPS) is 13.4. The number of hydrogen-bond acceptors (Lipinski definition) is 7. The molecule has 224 valence electrons. The molecule has 1 rings (SSSR count). The Balaban J connectivity index is 2.99. The van der Waals surface area contributed by atoms with Gasteiger partial charge in [-0.1, -0.05) is 30.3 Å². The first kappa shape index (κ1) is 34.1. The number of nitrogens with one attached hydrogen (secondary N) is 2. The van der Waals surface area contributed by atoms with E-state index in [9.17, 15) is 27.6 Å². The molecule has 0 aliphatic heterocycles. The van der Waals surface area contributed by atoms with E-state index in [1.54, 1.807) is 30.3 Å². The van der Waals surface area contributed by atoms with Gasteiger partial charge in [0.1, 0.15) is 19.3 Å². The lowest BCUT2D eigenvalue weighted by Gasteiger charge is -2.24. The molecule has 0 heterocycles. The number of halogens is 3. The second-order valence-electron chi connectivity index (χ2n) is 8.89. The predicted octanol–water partition coefficient (Wildman–Crippen LogP) is -1.22. The quantitative estimate of drug-likeness (QED) is 0.0632. The Labute approximate surface area is 230 Å². The van der Waals surface area contributed by atoms with Crippen LogP contribution in [0.1, 0.15) is 31.2 Å². The van der Waals surface area contributed by atoms with Crippen molar-refractivity contribution in [1.29, 1.82) is 0 Å². The Morgan fingerprint density at radius 3 is 1.95 bits per heavy atom. The molecule has 0 aromatic heterocycles. The van der Waals surface area contributed by atoms with E-state index in [4.69, 9.17) is 28.7 Å². The van der Waals surface area contributed by atoms with Crippen LogP contribution in [0.4, 0.5) is 13.2 Å². The van der Waals surface area contributed by atoms with Crippen LogP contribution in [0.5, 0.6) is 0 Å². The predicted molar refractivity (Wildman–Crippen MR) is 144 cm³/mol. The monoisotopic (exact) mass is 573 g/mol. The van der Waals surface area contributed by atoms with Gasteiger partial charge >= 0.3 is 6.18 Å². The van der Waals surface area contributed by atoms with E-state index < -0.39 is 55.1 Å². The molecular formula is C24H38F3N9O4. The SMILES string of the molecule is NC(N)=NCCC[C@@H](N)C(=O)N[C@@H](Cc1ccccc1)C(=O)N[C@@H](CCCN=C(N)N)C(=O)COCC(F)(F)F. The molecule has 13 nitrogen and oxygen atoms in total. The number of nitrogens with two attached hydrogens (primary N) is 5. The number of Topliss-reactive ketones (excluding diaryl/α,β-unsaturated/α-hetero) is 1. The zero-order chi connectivity index (χ0) is 30.1. The van der Waals surface area contributed by atoms with Crippen LogP contribution in [0.25, 0.3) is 0 Å². The van der Waals surface area contributed by atoms with Crippen LogP contribution in [-0.2, 0) is 25.5 Å². The van der Waals surface area contributed by atoms with Crippen molar-refractivity contribution in [3.05, 3.63) is 35.9 Å². The van der Waals surface area contributed by atoms with Crippen molar-refractivity contribution in [3.8, 4) is 0 Å². The zero-order valence-electron chi connectivity index (χ0n) is 22.0. The summed E-state index contributed by atoms with van der Waals surface area (Å²) < 4.78 is 41.9. The molecular weight excluding hydrogens is 535 g/mol. The lowest BCUT2D eigenvalue weighted by atomic mass is 10.0. The van der Waals surface area contributed by atoms with Gasteiger partial charge in [-0.15, -0.1) is 0 Å². The number of carbonyl (C=O) groups excluding carboxylic acids is 3. The average Bonchev–Trinajstić information content (AvgIpc) is 2.87. The van der Waals surface area contributed by atoms with Gasteiger partial charge in [0.15, 0.2) is 17.7 Å². The summed E-state index contributed by atoms with van der Waals surface area (Å²) in [6.45, 7) is -2.13. The van der Waals surface area contributed by atoms with Crippen molar-refractivity contribution in [2.45, 2.75) is 56.4 Å². The van der Waals surface area contributed by atoms with E-state index >= 15 is 0 Å². The van der Waals surface area contributed by atoms with Crippen molar-refractivity contribution in [1.82, 2.24) is 10.6 Å². The number of amides is 2. The molecule has 16 heteroatoms. The van der Waals surface area contributed by atoms with Gasteiger partial charge in [0, 0.05) is 19.5 Å². The van der Waals surface area contributed by atoms with Crippen molar-refractivity contribution in [2.75, 3.05) is 26.3 Å².